The summed E-state index contributed by atoms with van der Waals surface area (Å²) in [5.74, 6) is -0.350. The van der Waals surface area contributed by atoms with Crippen LogP contribution in [-0.4, -0.2) is 23.9 Å². The van der Waals surface area contributed by atoms with E-state index in [9.17, 15) is 14.9 Å². The van der Waals surface area contributed by atoms with Crippen molar-refractivity contribution in [1.29, 1.82) is 0 Å². The van der Waals surface area contributed by atoms with Crippen LogP contribution in [0, 0.1) is 10.1 Å². The molecule has 1 fully saturated rings. The van der Waals surface area contributed by atoms with Crippen LogP contribution in [0.4, 0.5) is 5.69 Å². The van der Waals surface area contributed by atoms with Crippen molar-refractivity contribution >= 4 is 11.6 Å². The molecule has 2 rings (SSSR count). The SMILES string of the molecule is NC(=O)C[C@]1(c2ccc([N+](=O)[O-])cc2)CCNC1. The lowest BCUT2D eigenvalue weighted by atomic mass is 9.76. The zero-order valence-corrected chi connectivity index (χ0v) is 9.89. The van der Waals surface area contributed by atoms with E-state index < -0.39 is 4.92 Å². The van der Waals surface area contributed by atoms with Crippen molar-refractivity contribution < 1.29 is 9.72 Å². The van der Waals surface area contributed by atoms with Gasteiger partial charge in [-0.1, -0.05) is 12.1 Å². The topological polar surface area (TPSA) is 98.3 Å². The maximum Gasteiger partial charge on any atom is 0.269 e. The van der Waals surface area contributed by atoms with E-state index in [0.29, 0.717) is 6.54 Å². The Morgan fingerprint density at radius 2 is 2.11 bits per heavy atom. The highest BCUT2D eigenvalue weighted by Gasteiger charge is 2.37. The molecule has 0 spiro atoms. The van der Waals surface area contributed by atoms with Gasteiger partial charge in [0.15, 0.2) is 0 Å². The van der Waals surface area contributed by atoms with E-state index >= 15 is 0 Å². The van der Waals surface area contributed by atoms with Crippen LogP contribution in [0.25, 0.3) is 0 Å². The van der Waals surface area contributed by atoms with Gasteiger partial charge in [-0.3, -0.25) is 14.9 Å². The average molecular weight is 249 g/mol. The number of benzene rings is 1. The fourth-order valence-corrected chi connectivity index (χ4v) is 2.51. The first-order chi connectivity index (χ1) is 8.53. The zero-order chi connectivity index (χ0) is 13.2. The molecule has 1 saturated heterocycles. The van der Waals surface area contributed by atoms with Gasteiger partial charge in [0.1, 0.15) is 0 Å². The van der Waals surface area contributed by atoms with Crippen LogP contribution in [-0.2, 0) is 10.2 Å². The number of primary amides is 1. The second-order valence-electron chi connectivity index (χ2n) is 4.65. The van der Waals surface area contributed by atoms with Gasteiger partial charge in [-0.25, -0.2) is 0 Å². The van der Waals surface area contributed by atoms with Gasteiger partial charge in [-0.15, -0.1) is 0 Å². The molecule has 1 heterocycles. The third-order valence-electron chi connectivity index (χ3n) is 3.45. The highest BCUT2D eigenvalue weighted by atomic mass is 16.6. The van der Waals surface area contributed by atoms with Gasteiger partial charge in [0.2, 0.25) is 5.91 Å². The maximum absolute atomic E-state index is 11.2. The van der Waals surface area contributed by atoms with Gasteiger partial charge in [0, 0.05) is 30.5 Å². The quantitative estimate of drug-likeness (QED) is 0.606. The lowest BCUT2D eigenvalue weighted by Gasteiger charge is -2.27. The van der Waals surface area contributed by atoms with Crippen molar-refractivity contribution in [3.63, 3.8) is 0 Å². The normalized spacial score (nSPS) is 22.9. The minimum atomic E-state index is -0.433. The Hall–Kier alpha value is -1.95. The summed E-state index contributed by atoms with van der Waals surface area (Å²) in [6, 6.07) is 6.37. The lowest BCUT2D eigenvalue weighted by Crippen LogP contribution is -2.34. The van der Waals surface area contributed by atoms with Gasteiger partial charge in [0.25, 0.3) is 5.69 Å². The highest BCUT2D eigenvalue weighted by molar-refractivity contribution is 5.75. The Morgan fingerprint density at radius 3 is 2.56 bits per heavy atom. The fraction of sp³-hybridized carbons (Fsp3) is 0.417. The second-order valence-corrected chi connectivity index (χ2v) is 4.65. The Balaban J connectivity index is 2.31. The summed E-state index contributed by atoms with van der Waals surface area (Å²) in [5.41, 5.74) is 5.96. The molecule has 3 N–H and O–H groups in total. The van der Waals surface area contributed by atoms with Gasteiger partial charge in [-0.2, -0.15) is 0 Å². The van der Waals surface area contributed by atoms with E-state index in [1.54, 1.807) is 12.1 Å². The van der Waals surface area contributed by atoms with Crippen molar-refractivity contribution in [1.82, 2.24) is 5.32 Å². The fourth-order valence-electron chi connectivity index (χ4n) is 2.51. The molecule has 1 amide bonds. The van der Waals surface area contributed by atoms with Crippen molar-refractivity contribution in [2.24, 2.45) is 5.73 Å². The number of rotatable bonds is 4. The van der Waals surface area contributed by atoms with Crippen LogP contribution in [0.2, 0.25) is 0 Å². The Bertz CT molecular complexity index is 464. The summed E-state index contributed by atoms with van der Waals surface area (Å²) in [6.45, 7) is 1.50. The maximum atomic E-state index is 11.2. The molecule has 6 nitrogen and oxygen atoms in total. The second kappa shape index (κ2) is 4.73. The van der Waals surface area contributed by atoms with Crippen molar-refractivity contribution in [3.8, 4) is 0 Å². The van der Waals surface area contributed by atoms with Gasteiger partial charge >= 0.3 is 0 Å². The first-order valence-electron chi connectivity index (χ1n) is 5.77. The number of nitrogens with zero attached hydrogens (tertiary/aromatic N) is 1. The molecular formula is C12H15N3O3. The Morgan fingerprint density at radius 1 is 1.44 bits per heavy atom. The minimum absolute atomic E-state index is 0.0546. The molecule has 0 aromatic heterocycles. The third kappa shape index (κ3) is 2.33. The van der Waals surface area contributed by atoms with E-state index in [2.05, 4.69) is 5.32 Å². The summed E-state index contributed by atoms with van der Waals surface area (Å²) in [7, 11) is 0. The average Bonchev–Trinajstić information content (AvgIpc) is 2.78. The minimum Gasteiger partial charge on any atom is -0.370 e. The van der Waals surface area contributed by atoms with Gasteiger partial charge in [0.05, 0.1) is 4.92 Å². The van der Waals surface area contributed by atoms with Crippen LogP contribution in [0.3, 0.4) is 0 Å². The molecule has 1 aliphatic rings. The molecule has 6 heteroatoms. The molecule has 0 radical (unpaired) electrons. The summed E-state index contributed by atoms with van der Waals surface area (Å²) < 4.78 is 0. The van der Waals surface area contributed by atoms with Crippen molar-refractivity contribution in [3.05, 3.63) is 39.9 Å². The van der Waals surface area contributed by atoms with Crippen LogP contribution in [0.1, 0.15) is 18.4 Å². The van der Waals surface area contributed by atoms with Crippen molar-refractivity contribution in [2.75, 3.05) is 13.1 Å². The smallest absolute Gasteiger partial charge is 0.269 e. The molecule has 0 aliphatic carbocycles. The molecule has 0 bridgehead atoms. The van der Waals surface area contributed by atoms with Crippen LogP contribution >= 0.6 is 0 Å². The number of hydrogen-bond donors (Lipinski definition) is 2. The summed E-state index contributed by atoms with van der Waals surface area (Å²) in [6.07, 6.45) is 1.07. The number of non-ortho nitro benzene ring substituents is 1. The van der Waals surface area contributed by atoms with E-state index in [-0.39, 0.29) is 23.4 Å². The number of carbonyl (C=O) groups is 1. The standard InChI is InChI=1S/C12H15N3O3/c13-11(16)7-12(5-6-14-8-12)9-1-3-10(4-2-9)15(17)18/h1-4,14H,5-8H2,(H2,13,16)/t12-/m1/s1. The first kappa shape index (κ1) is 12.5. The summed E-state index contributed by atoms with van der Waals surface area (Å²) in [5, 5.41) is 13.8. The molecule has 1 atom stereocenters. The Kier molecular flexibility index (Phi) is 3.29. The molecule has 1 aliphatic heterocycles. The number of amides is 1. The molecule has 0 saturated carbocycles. The molecule has 0 unspecified atom stereocenters. The number of nitrogens with one attached hydrogen (secondary N) is 1. The number of nitrogens with two attached hydrogens (primary N) is 1. The summed E-state index contributed by atoms with van der Waals surface area (Å²) >= 11 is 0. The van der Waals surface area contributed by atoms with Crippen LogP contribution in [0.5, 0.6) is 0 Å². The van der Waals surface area contributed by atoms with E-state index in [1.807, 2.05) is 0 Å². The monoisotopic (exact) mass is 249 g/mol. The largest absolute Gasteiger partial charge is 0.370 e. The van der Waals surface area contributed by atoms with Gasteiger partial charge in [-0.05, 0) is 18.5 Å². The van der Waals surface area contributed by atoms with Crippen molar-refractivity contribution in [2.45, 2.75) is 18.3 Å². The molecular weight excluding hydrogens is 234 g/mol. The number of carbonyl (C=O) groups excluding carboxylic acids is 1. The number of nitro groups is 1. The predicted octanol–water partition coefficient (Wildman–Crippen LogP) is 0.701. The zero-order valence-electron chi connectivity index (χ0n) is 9.89. The predicted molar refractivity (Wildman–Crippen MR) is 66.1 cm³/mol. The van der Waals surface area contributed by atoms with E-state index in [4.69, 9.17) is 5.73 Å². The molecule has 96 valence electrons. The van der Waals surface area contributed by atoms with Gasteiger partial charge < -0.3 is 11.1 Å². The molecule has 18 heavy (non-hydrogen) atoms. The third-order valence-corrected chi connectivity index (χ3v) is 3.45. The van der Waals surface area contributed by atoms with E-state index in [1.165, 1.54) is 12.1 Å². The van der Waals surface area contributed by atoms with E-state index in [0.717, 1.165) is 18.5 Å². The first-order valence-corrected chi connectivity index (χ1v) is 5.77. The highest BCUT2D eigenvalue weighted by Crippen LogP contribution is 2.34. The lowest BCUT2D eigenvalue weighted by molar-refractivity contribution is -0.384. The number of hydrogen-bond acceptors (Lipinski definition) is 4. The van der Waals surface area contributed by atoms with Crippen LogP contribution < -0.4 is 11.1 Å². The molecule has 1 aromatic rings. The molecule has 1 aromatic carbocycles. The Labute approximate surface area is 104 Å². The number of nitro benzene ring substituents is 1. The van der Waals surface area contributed by atoms with Crippen LogP contribution in [0.15, 0.2) is 24.3 Å². The summed E-state index contributed by atoms with van der Waals surface area (Å²) in [4.78, 5) is 21.4.